The van der Waals surface area contributed by atoms with Crippen LogP contribution in [-0.4, -0.2) is 36.9 Å². The molecule has 1 heterocycles. The SMILES string of the molecule is O=S(=O)(CC1CC1)N1CCCC(CBr)C1. The Morgan fingerprint density at radius 2 is 1.93 bits per heavy atom. The first-order chi connectivity index (χ1) is 7.12. The van der Waals surface area contributed by atoms with Crippen molar-refractivity contribution in [3.8, 4) is 0 Å². The van der Waals surface area contributed by atoms with Crippen LogP contribution >= 0.6 is 15.9 Å². The molecule has 0 amide bonds. The van der Waals surface area contributed by atoms with Gasteiger partial charge in [-0.3, -0.25) is 0 Å². The van der Waals surface area contributed by atoms with Gasteiger partial charge in [0, 0.05) is 18.4 Å². The maximum atomic E-state index is 12.0. The Hall–Kier alpha value is 0.390. The second-order valence-electron chi connectivity index (χ2n) is 4.74. The maximum Gasteiger partial charge on any atom is 0.214 e. The van der Waals surface area contributed by atoms with Gasteiger partial charge in [0.1, 0.15) is 0 Å². The standard InChI is InChI=1S/C10H18BrNO2S/c11-6-10-2-1-5-12(7-10)15(13,14)8-9-3-4-9/h9-10H,1-8H2. The summed E-state index contributed by atoms with van der Waals surface area (Å²) in [5, 5.41) is 0.919. The second-order valence-corrected chi connectivity index (χ2v) is 7.40. The molecule has 1 saturated carbocycles. The Labute approximate surface area is 100 Å². The van der Waals surface area contributed by atoms with Crippen molar-refractivity contribution in [2.45, 2.75) is 25.7 Å². The molecular weight excluding hydrogens is 278 g/mol. The first kappa shape index (κ1) is 11.9. The first-order valence-corrected chi connectivity index (χ1v) is 8.38. The molecule has 0 N–H and O–H groups in total. The minimum absolute atomic E-state index is 0.391. The Balaban J connectivity index is 1.95. The van der Waals surface area contributed by atoms with Gasteiger partial charge in [-0.15, -0.1) is 0 Å². The molecule has 3 nitrogen and oxygen atoms in total. The van der Waals surface area contributed by atoms with Crippen molar-refractivity contribution >= 4 is 26.0 Å². The predicted molar refractivity (Wildman–Crippen MR) is 64.6 cm³/mol. The number of piperidine rings is 1. The number of alkyl halides is 1. The molecule has 2 rings (SSSR count). The number of sulfonamides is 1. The molecule has 0 spiro atoms. The molecule has 2 aliphatic rings. The van der Waals surface area contributed by atoms with Crippen LogP contribution in [0.1, 0.15) is 25.7 Å². The Bertz CT molecular complexity index is 313. The highest BCUT2D eigenvalue weighted by atomic mass is 79.9. The van der Waals surface area contributed by atoms with Crippen LogP contribution in [-0.2, 0) is 10.0 Å². The third-order valence-corrected chi connectivity index (χ3v) is 6.16. The van der Waals surface area contributed by atoms with Gasteiger partial charge in [0.05, 0.1) is 5.75 Å². The summed E-state index contributed by atoms with van der Waals surface area (Å²) >= 11 is 3.45. The monoisotopic (exact) mass is 295 g/mol. The summed E-state index contributed by atoms with van der Waals surface area (Å²) in [6, 6.07) is 0. The molecule has 2 fully saturated rings. The number of halogens is 1. The Morgan fingerprint density at radius 1 is 1.20 bits per heavy atom. The van der Waals surface area contributed by atoms with E-state index in [0.29, 0.717) is 17.6 Å². The molecule has 15 heavy (non-hydrogen) atoms. The first-order valence-electron chi connectivity index (χ1n) is 5.65. The smallest absolute Gasteiger partial charge is 0.212 e. The highest BCUT2D eigenvalue weighted by Gasteiger charge is 2.34. The largest absolute Gasteiger partial charge is 0.214 e. The summed E-state index contributed by atoms with van der Waals surface area (Å²) in [5.74, 6) is 1.36. The highest BCUT2D eigenvalue weighted by molar-refractivity contribution is 9.09. The van der Waals surface area contributed by atoms with Crippen molar-refractivity contribution in [2.24, 2.45) is 11.8 Å². The summed E-state index contributed by atoms with van der Waals surface area (Å²) in [6.45, 7) is 1.46. The lowest BCUT2D eigenvalue weighted by atomic mass is 10.0. The average molecular weight is 296 g/mol. The Morgan fingerprint density at radius 3 is 2.53 bits per heavy atom. The van der Waals surface area contributed by atoms with Gasteiger partial charge < -0.3 is 0 Å². The normalized spacial score (nSPS) is 29.3. The summed E-state index contributed by atoms with van der Waals surface area (Å²) in [6.07, 6.45) is 4.38. The Kier molecular flexibility index (Phi) is 3.73. The molecule has 0 radical (unpaired) electrons. The molecule has 0 aromatic rings. The van der Waals surface area contributed by atoms with Gasteiger partial charge in [-0.1, -0.05) is 15.9 Å². The summed E-state index contributed by atoms with van der Waals surface area (Å²) < 4.78 is 25.7. The van der Waals surface area contributed by atoms with Crippen LogP contribution in [0.25, 0.3) is 0 Å². The fraction of sp³-hybridized carbons (Fsp3) is 1.00. The molecule has 1 unspecified atom stereocenters. The van der Waals surface area contributed by atoms with Crippen molar-refractivity contribution in [2.75, 3.05) is 24.2 Å². The summed E-state index contributed by atoms with van der Waals surface area (Å²) in [7, 11) is -2.95. The summed E-state index contributed by atoms with van der Waals surface area (Å²) in [4.78, 5) is 0. The van der Waals surface area contributed by atoms with Gasteiger partial charge in [-0.05, 0) is 37.5 Å². The van der Waals surface area contributed by atoms with Gasteiger partial charge in [-0.25, -0.2) is 12.7 Å². The zero-order valence-electron chi connectivity index (χ0n) is 8.86. The zero-order valence-corrected chi connectivity index (χ0v) is 11.3. The van der Waals surface area contributed by atoms with E-state index in [4.69, 9.17) is 0 Å². The van der Waals surface area contributed by atoms with E-state index < -0.39 is 10.0 Å². The molecular formula is C10H18BrNO2S. The van der Waals surface area contributed by atoms with Crippen LogP contribution in [0.3, 0.4) is 0 Å². The molecule has 0 aromatic heterocycles. The van der Waals surface area contributed by atoms with E-state index >= 15 is 0 Å². The van der Waals surface area contributed by atoms with Crippen molar-refractivity contribution in [1.82, 2.24) is 4.31 Å². The van der Waals surface area contributed by atoms with E-state index in [2.05, 4.69) is 15.9 Å². The lowest BCUT2D eigenvalue weighted by molar-refractivity contribution is 0.285. The number of hydrogen-bond acceptors (Lipinski definition) is 2. The van der Waals surface area contributed by atoms with Crippen LogP contribution in [0.2, 0.25) is 0 Å². The van der Waals surface area contributed by atoms with E-state index in [0.717, 1.165) is 44.1 Å². The average Bonchev–Trinajstić information content (AvgIpc) is 3.01. The van der Waals surface area contributed by atoms with Gasteiger partial charge in [0.25, 0.3) is 0 Å². The van der Waals surface area contributed by atoms with E-state index in [1.165, 1.54) is 0 Å². The molecule has 1 atom stereocenters. The number of hydrogen-bond donors (Lipinski definition) is 0. The van der Waals surface area contributed by atoms with Crippen LogP contribution in [0, 0.1) is 11.8 Å². The van der Waals surface area contributed by atoms with Gasteiger partial charge in [-0.2, -0.15) is 0 Å². The van der Waals surface area contributed by atoms with E-state index in [1.54, 1.807) is 4.31 Å². The van der Waals surface area contributed by atoms with Crippen molar-refractivity contribution < 1.29 is 8.42 Å². The van der Waals surface area contributed by atoms with E-state index in [9.17, 15) is 8.42 Å². The lowest BCUT2D eigenvalue weighted by Gasteiger charge is -2.31. The highest BCUT2D eigenvalue weighted by Crippen LogP contribution is 2.32. The van der Waals surface area contributed by atoms with E-state index in [1.807, 2.05) is 0 Å². The van der Waals surface area contributed by atoms with Crippen LogP contribution in [0.4, 0.5) is 0 Å². The van der Waals surface area contributed by atoms with Gasteiger partial charge in [0.15, 0.2) is 0 Å². The third kappa shape index (κ3) is 3.17. The summed E-state index contributed by atoms with van der Waals surface area (Å²) in [5.41, 5.74) is 0. The fourth-order valence-corrected chi connectivity index (χ4v) is 4.61. The molecule has 1 saturated heterocycles. The predicted octanol–water partition coefficient (Wildman–Crippen LogP) is 1.83. The number of nitrogens with zero attached hydrogens (tertiary/aromatic N) is 1. The third-order valence-electron chi connectivity index (χ3n) is 3.24. The zero-order chi connectivity index (χ0) is 10.9. The number of rotatable bonds is 4. The van der Waals surface area contributed by atoms with Crippen molar-refractivity contribution in [3.05, 3.63) is 0 Å². The fourth-order valence-electron chi connectivity index (χ4n) is 2.09. The topological polar surface area (TPSA) is 37.4 Å². The van der Waals surface area contributed by atoms with Crippen molar-refractivity contribution in [1.29, 1.82) is 0 Å². The second kappa shape index (κ2) is 4.72. The van der Waals surface area contributed by atoms with E-state index in [-0.39, 0.29) is 0 Å². The van der Waals surface area contributed by atoms with Crippen LogP contribution in [0.5, 0.6) is 0 Å². The van der Waals surface area contributed by atoms with Crippen LogP contribution < -0.4 is 0 Å². The molecule has 0 aromatic carbocycles. The van der Waals surface area contributed by atoms with Gasteiger partial charge >= 0.3 is 0 Å². The molecule has 88 valence electrons. The quantitative estimate of drug-likeness (QED) is 0.742. The van der Waals surface area contributed by atoms with Crippen LogP contribution in [0.15, 0.2) is 0 Å². The minimum Gasteiger partial charge on any atom is -0.212 e. The van der Waals surface area contributed by atoms with Crippen molar-refractivity contribution in [3.63, 3.8) is 0 Å². The van der Waals surface area contributed by atoms with Gasteiger partial charge in [0.2, 0.25) is 10.0 Å². The molecule has 5 heteroatoms. The minimum atomic E-state index is -2.95. The molecule has 1 aliphatic carbocycles. The lowest BCUT2D eigenvalue weighted by Crippen LogP contribution is -2.41. The molecule has 0 bridgehead atoms. The molecule has 1 aliphatic heterocycles. The maximum absolute atomic E-state index is 12.0.